The molecule has 0 radical (unpaired) electrons. The lowest BCUT2D eigenvalue weighted by Crippen LogP contribution is -2.01. The second-order valence-corrected chi connectivity index (χ2v) is 14.4. The Hall–Kier alpha value is -8.14. The fourth-order valence-corrected chi connectivity index (χ4v) is 8.38. The first-order chi connectivity index (χ1) is 28.7. The highest BCUT2D eigenvalue weighted by Crippen LogP contribution is 2.43. The van der Waals surface area contributed by atoms with Gasteiger partial charge in [-0.1, -0.05) is 121 Å². The summed E-state index contributed by atoms with van der Waals surface area (Å²) in [5.41, 5.74) is 11.8. The van der Waals surface area contributed by atoms with Gasteiger partial charge in [0.2, 0.25) is 0 Å². The van der Waals surface area contributed by atoms with Gasteiger partial charge in [-0.15, -0.1) is 0 Å². The summed E-state index contributed by atoms with van der Waals surface area (Å²) in [5.74, 6) is 1.60. The lowest BCUT2D eigenvalue weighted by atomic mass is 9.95. The summed E-state index contributed by atoms with van der Waals surface area (Å²) in [6.45, 7) is 0. The van der Waals surface area contributed by atoms with Crippen molar-refractivity contribution in [1.82, 2.24) is 24.1 Å². The number of nitrogens with zero attached hydrogens (tertiary/aromatic N) is 6. The van der Waals surface area contributed by atoms with E-state index in [-0.39, 0.29) is 0 Å². The van der Waals surface area contributed by atoms with Crippen molar-refractivity contribution in [2.75, 3.05) is 0 Å². The number of nitriles is 1. The zero-order valence-corrected chi connectivity index (χ0v) is 31.2. The molecule has 8 aromatic carbocycles. The molecule has 6 nitrogen and oxygen atoms in total. The summed E-state index contributed by atoms with van der Waals surface area (Å²) in [6, 6.07) is 69.3. The maximum absolute atomic E-state index is 9.77. The second kappa shape index (κ2) is 13.6. The van der Waals surface area contributed by atoms with E-state index in [4.69, 9.17) is 15.0 Å². The minimum atomic E-state index is 0.501. The number of hydrogen-bond acceptors (Lipinski definition) is 4. The van der Waals surface area contributed by atoms with E-state index in [2.05, 4.69) is 149 Å². The molecule has 0 unspecified atom stereocenters. The van der Waals surface area contributed by atoms with E-state index in [1.165, 1.54) is 10.8 Å². The minimum absolute atomic E-state index is 0.501. The molecule has 0 atom stereocenters. The first-order valence-corrected chi connectivity index (χ1v) is 19.3. The Labute approximate surface area is 334 Å². The van der Waals surface area contributed by atoms with Crippen LogP contribution >= 0.6 is 0 Å². The number of aromatic nitrogens is 5. The van der Waals surface area contributed by atoms with Crippen molar-refractivity contribution in [2.24, 2.45) is 0 Å². The Balaban J connectivity index is 1.23. The van der Waals surface area contributed by atoms with Crippen LogP contribution in [0, 0.1) is 11.3 Å². The Morgan fingerprint density at radius 2 is 0.897 bits per heavy atom. The SMILES string of the molecule is N#Cc1cccc(-c2nc(-c3ccccc3)nc(-c3cc(-c4ccc5c(c4)c4ccccc4n5-c4ccccc4)c4c5ccccc5n(-c5ccccc5)c4c3)n2)c1. The van der Waals surface area contributed by atoms with E-state index in [9.17, 15) is 5.26 Å². The van der Waals surface area contributed by atoms with Crippen LogP contribution in [-0.2, 0) is 0 Å². The van der Waals surface area contributed by atoms with Crippen LogP contribution in [0.25, 0.3) is 100 Å². The third-order valence-electron chi connectivity index (χ3n) is 11.0. The number of rotatable bonds is 6. The van der Waals surface area contributed by atoms with E-state index in [1.54, 1.807) is 6.07 Å². The van der Waals surface area contributed by atoms with Crippen LogP contribution in [0.2, 0.25) is 0 Å². The molecule has 270 valence electrons. The van der Waals surface area contributed by atoms with Gasteiger partial charge in [0, 0.05) is 49.6 Å². The Morgan fingerprint density at radius 1 is 0.362 bits per heavy atom. The standard InChI is InChI=1S/C52H32N6/c53-33-34-15-14-18-37(29-34)51-54-50(35-16-4-1-5-17-35)55-52(56-51)38-31-43(49-42-24-11-13-26-46(42)58(48(49)32-38)40-21-8-3-9-22-40)36-27-28-47-44(30-36)41-23-10-12-25-45(41)57(47)39-19-6-2-7-20-39/h1-32H. The van der Waals surface area contributed by atoms with E-state index in [1.807, 2.05) is 54.6 Å². The van der Waals surface area contributed by atoms with Gasteiger partial charge in [-0.3, -0.25) is 0 Å². The molecule has 0 N–H and O–H groups in total. The minimum Gasteiger partial charge on any atom is -0.309 e. The largest absolute Gasteiger partial charge is 0.309 e. The zero-order chi connectivity index (χ0) is 38.6. The van der Waals surface area contributed by atoms with Crippen molar-refractivity contribution in [3.63, 3.8) is 0 Å². The molecule has 0 bridgehead atoms. The molecule has 0 saturated heterocycles. The molecule has 6 heteroatoms. The van der Waals surface area contributed by atoms with Gasteiger partial charge in [0.25, 0.3) is 0 Å². The van der Waals surface area contributed by atoms with Crippen molar-refractivity contribution in [2.45, 2.75) is 0 Å². The van der Waals surface area contributed by atoms with Gasteiger partial charge in [-0.05, 0) is 83.9 Å². The van der Waals surface area contributed by atoms with Crippen LogP contribution in [0.5, 0.6) is 0 Å². The summed E-state index contributed by atoms with van der Waals surface area (Å²) in [5, 5.41) is 14.4. The summed E-state index contributed by atoms with van der Waals surface area (Å²) < 4.78 is 4.69. The smallest absolute Gasteiger partial charge is 0.164 e. The molecule has 0 spiro atoms. The third kappa shape index (κ3) is 5.45. The summed E-state index contributed by atoms with van der Waals surface area (Å²) in [4.78, 5) is 15.3. The molecule has 11 rings (SSSR count). The number of fused-ring (bicyclic) bond motifs is 6. The zero-order valence-electron chi connectivity index (χ0n) is 31.2. The fourth-order valence-electron chi connectivity index (χ4n) is 8.38. The first-order valence-electron chi connectivity index (χ1n) is 19.3. The van der Waals surface area contributed by atoms with Crippen molar-refractivity contribution < 1.29 is 0 Å². The molecule has 0 aliphatic carbocycles. The molecule has 0 amide bonds. The molecule has 3 aromatic heterocycles. The highest BCUT2D eigenvalue weighted by atomic mass is 15.0. The predicted octanol–water partition coefficient (Wildman–Crippen LogP) is 12.6. The van der Waals surface area contributed by atoms with Gasteiger partial charge in [0.1, 0.15) is 0 Å². The van der Waals surface area contributed by atoms with Crippen molar-refractivity contribution >= 4 is 43.6 Å². The predicted molar refractivity (Wildman–Crippen MR) is 235 cm³/mol. The Kier molecular flexibility index (Phi) is 7.76. The third-order valence-corrected chi connectivity index (χ3v) is 11.0. The average molecular weight is 741 g/mol. The highest BCUT2D eigenvalue weighted by molar-refractivity contribution is 6.18. The average Bonchev–Trinajstić information content (AvgIpc) is 3.82. The lowest BCUT2D eigenvalue weighted by molar-refractivity contribution is 1.07. The highest BCUT2D eigenvalue weighted by Gasteiger charge is 2.22. The summed E-state index contributed by atoms with van der Waals surface area (Å²) in [6.07, 6.45) is 0. The number of benzene rings is 8. The van der Waals surface area contributed by atoms with Gasteiger partial charge >= 0.3 is 0 Å². The summed E-state index contributed by atoms with van der Waals surface area (Å²) >= 11 is 0. The Bertz CT molecular complexity index is 3390. The van der Waals surface area contributed by atoms with Gasteiger partial charge in [-0.2, -0.15) is 5.26 Å². The molecule has 58 heavy (non-hydrogen) atoms. The van der Waals surface area contributed by atoms with E-state index in [0.717, 1.165) is 72.0 Å². The normalized spacial score (nSPS) is 11.4. The van der Waals surface area contributed by atoms with Crippen molar-refractivity contribution in [1.29, 1.82) is 5.26 Å². The molecule has 0 fully saturated rings. The van der Waals surface area contributed by atoms with Crippen molar-refractivity contribution in [3.8, 4) is 62.7 Å². The van der Waals surface area contributed by atoms with E-state index in [0.29, 0.717) is 23.0 Å². The number of hydrogen-bond donors (Lipinski definition) is 0. The van der Waals surface area contributed by atoms with Crippen LogP contribution in [0.15, 0.2) is 194 Å². The molecule has 0 saturated carbocycles. The molecular formula is C52H32N6. The van der Waals surface area contributed by atoms with Crippen LogP contribution < -0.4 is 0 Å². The molecule has 0 aliphatic rings. The summed E-state index contributed by atoms with van der Waals surface area (Å²) in [7, 11) is 0. The quantitative estimate of drug-likeness (QED) is 0.170. The number of para-hydroxylation sites is 4. The van der Waals surface area contributed by atoms with Gasteiger partial charge < -0.3 is 9.13 Å². The molecule has 0 aliphatic heterocycles. The van der Waals surface area contributed by atoms with Gasteiger partial charge in [-0.25, -0.2) is 15.0 Å². The van der Waals surface area contributed by atoms with Crippen LogP contribution in [0.4, 0.5) is 0 Å². The van der Waals surface area contributed by atoms with Crippen LogP contribution in [-0.4, -0.2) is 24.1 Å². The monoisotopic (exact) mass is 740 g/mol. The second-order valence-electron chi connectivity index (χ2n) is 14.4. The molecular weight excluding hydrogens is 709 g/mol. The maximum atomic E-state index is 9.77. The van der Waals surface area contributed by atoms with Crippen LogP contribution in [0.3, 0.4) is 0 Å². The Morgan fingerprint density at radius 3 is 1.59 bits per heavy atom. The topological polar surface area (TPSA) is 72.3 Å². The fraction of sp³-hybridized carbons (Fsp3) is 0. The first kappa shape index (κ1) is 33.2. The lowest BCUT2D eigenvalue weighted by Gasteiger charge is -2.13. The van der Waals surface area contributed by atoms with E-state index >= 15 is 0 Å². The van der Waals surface area contributed by atoms with Gasteiger partial charge in [0.05, 0.1) is 33.7 Å². The van der Waals surface area contributed by atoms with Gasteiger partial charge in [0.15, 0.2) is 17.5 Å². The molecule has 11 aromatic rings. The van der Waals surface area contributed by atoms with Crippen LogP contribution in [0.1, 0.15) is 5.56 Å². The maximum Gasteiger partial charge on any atom is 0.164 e. The van der Waals surface area contributed by atoms with Crippen molar-refractivity contribution in [3.05, 3.63) is 200 Å². The van der Waals surface area contributed by atoms with E-state index < -0.39 is 0 Å². The molecule has 3 heterocycles.